The van der Waals surface area contributed by atoms with Crippen LogP contribution >= 0.6 is 0 Å². The maximum Gasteiger partial charge on any atom is 0.309 e. The number of hydrogen-bond acceptors (Lipinski definition) is 4. The molecule has 2 aromatic carbocycles. The number of benzene rings is 2. The van der Waals surface area contributed by atoms with E-state index in [0.29, 0.717) is 28.7 Å². The van der Waals surface area contributed by atoms with Crippen molar-refractivity contribution in [3.05, 3.63) is 53.1 Å². The molecule has 0 aliphatic rings. The van der Waals surface area contributed by atoms with Crippen LogP contribution in [-0.2, 0) is 21.9 Å². The summed E-state index contributed by atoms with van der Waals surface area (Å²) in [6.45, 7) is -1.86. The van der Waals surface area contributed by atoms with Gasteiger partial charge in [0.1, 0.15) is 5.75 Å². The SMILES string of the molecule is COC(=O)Cc1ccc(OC)c(-c2ccc(C(F)(F)CF)cc2C=O)c1. The van der Waals surface area contributed by atoms with Crippen LogP contribution in [0.25, 0.3) is 11.1 Å². The zero-order valence-corrected chi connectivity index (χ0v) is 14.2. The third-order valence-electron chi connectivity index (χ3n) is 3.90. The number of carbonyl (C=O) groups excluding carboxylic acids is 2. The third-order valence-corrected chi connectivity index (χ3v) is 3.90. The average Bonchev–Trinajstić information content (AvgIpc) is 2.67. The number of hydrogen-bond donors (Lipinski definition) is 0. The fourth-order valence-corrected chi connectivity index (χ4v) is 2.52. The standard InChI is InChI=1S/C19H17F3O4/c1-25-17-6-3-12(8-18(24)26-2)7-16(17)15-5-4-14(9-13(15)10-23)19(21,22)11-20/h3-7,9-10H,8,11H2,1-2H3. The molecule has 0 unspecified atom stereocenters. The molecule has 138 valence electrons. The second kappa shape index (κ2) is 8.03. The van der Waals surface area contributed by atoms with Crippen LogP contribution in [0, 0.1) is 0 Å². The van der Waals surface area contributed by atoms with Crippen LogP contribution in [0.1, 0.15) is 21.5 Å². The minimum absolute atomic E-state index is 0.00191. The molecule has 0 N–H and O–H groups in total. The fourth-order valence-electron chi connectivity index (χ4n) is 2.52. The highest BCUT2D eigenvalue weighted by Crippen LogP contribution is 2.36. The number of esters is 1. The molecule has 0 saturated heterocycles. The number of aldehydes is 1. The predicted octanol–water partition coefficient (Wildman–Crippen LogP) is 3.95. The van der Waals surface area contributed by atoms with Gasteiger partial charge in [-0.1, -0.05) is 18.2 Å². The van der Waals surface area contributed by atoms with E-state index in [-0.39, 0.29) is 12.0 Å². The Morgan fingerprint density at radius 1 is 1.12 bits per heavy atom. The molecule has 0 aliphatic carbocycles. The van der Waals surface area contributed by atoms with Crippen molar-refractivity contribution >= 4 is 12.3 Å². The predicted molar refractivity (Wildman–Crippen MR) is 89.4 cm³/mol. The largest absolute Gasteiger partial charge is 0.496 e. The van der Waals surface area contributed by atoms with E-state index in [0.717, 1.165) is 12.1 Å². The number of alkyl halides is 3. The lowest BCUT2D eigenvalue weighted by atomic mass is 9.94. The number of halogens is 3. The Morgan fingerprint density at radius 2 is 1.85 bits per heavy atom. The minimum atomic E-state index is -3.67. The zero-order valence-electron chi connectivity index (χ0n) is 14.2. The van der Waals surface area contributed by atoms with Gasteiger partial charge in [-0.3, -0.25) is 9.59 Å². The Kier molecular flexibility index (Phi) is 6.02. The van der Waals surface area contributed by atoms with Gasteiger partial charge in [0.2, 0.25) is 0 Å². The summed E-state index contributed by atoms with van der Waals surface area (Å²) in [4.78, 5) is 22.9. The topological polar surface area (TPSA) is 52.6 Å². The van der Waals surface area contributed by atoms with Crippen LogP contribution in [0.4, 0.5) is 13.2 Å². The van der Waals surface area contributed by atoms with Crippen LogP contribution in [0.2, 0.25) is 0 Å². The highest BCUT2D eigenvalue weighted by Gasteiger charge is 2.32. The number of rotatable bonds is 7. The van der Waals surface area contributed by atoms with E-state index in [9.17, 15) is 22.8 Å². The van der Waals surface area contributed by atoms with E-state index in [2.05, 4.69) is 4.74 Å². The van der Waals surface area contributed by atoms with Gasteiger partial charge in [-0.25, -0.2) is 4.39 Å². The van der Waals surface area contributed by atoms with Crippen molar-refractivity contribution in [1.29, 1.82) is 0 Å². The summed E-state index contributed by atoms with van der Waals surface area (Å²) in [5.41, 5.74) is 0.760. The molecule has 0 fully saturated rings. The molecule has 0 amide bonds. The molecule has 26 heavy (non-hydrogen) atoms. The molecular weight excluding hydrogens is 349 g/mol. The average molecular weight is 366 g/mol. The number of methoxy groups -OCH3 is 2. The summed E-state index contributed by atoms with van der Waals surface area (Å²) in [5.74, 6) is -3.73. The Morgan fingerprint density at radius 3 is 2.42 bits per heavy atom. The van der Waals surface area contributed by atoms with Gasteiger partial charge in [0, 0.05) is 16.7 Å². The van der Waals surface area contributed by atoms with Crippen LogP contribution in [-0.4, -0.2) is 33.1 Å². The van der Waals surface area contributed by atoms with Gasteiger partial charge in [-0.05, 0) is 29.3 Å². The van der Waals surface area contributed by atoms with Crippen LogP contribution in [0.15, 0.2) is 36.4 Å². The van der Waals surface area contributed by atoms with Crippen molar-refractivity contribution in [2.24, 2.45) is 0 Å². The van der Waals surface area contributed by atoms with E-state index < -0.39 is 24.1 Å². The molecule has 0 aromatic heterocycles. The van der Waals surface area contributed by atoms with Gasteiger partial charge in [-0.2, -0.15) is 8.78 Å². The Balaban J connectivity index is 2.57. The first-order valence-electron chi connectivity index (χ1n) is 7.64. The smallest absolute Gasteiger partial charge is 0.309 e. The van der Waals surface area contributed by atoms with E-state index in [1.807, 2.05) is 0 Å². The molecule has 2 rings (SSSR count). The summed E-state index contributed by atoms with van der Waals surface area (Å²) in [6, 6.07) is 8.20. The quantitative estimate of drug-likeness (QED) is 0.550. The Bertz CT molecular complexity index is 818. The van der Waals surface area contributed by atoms with Crippen molar-refractivity contribution < 1.29 is 32.2 Å². The van der Waals surface area contributed by atoms with E-state index in [4.69, 9.17) is 4.74 Å². The Hall–Kier alpha value is -2.83. The van der Waals surface area contributed by atoms with Crippen LogP contribution < -0.4 is 4.74 Å². The van der Waals surface area contributed by atoms with Gasteiger partial charge in [0.15, 0.2) is 13.0 Å². The third kappa shape index (κ3) is 4.04. The normalized spacial score (nSPS) is 11.1. The van der Waals surface area contributed by atoms with Crippen molar-refractivity contribution in [1.82, 2.24) is 0 Å². The highest BCUT2D eigenvalue weighted by molar-refractivity contribution is 5.90. The highest BCUT2D eigenvalue weighted by atomic mass is 19.3. The summed E-state index contributed by atoms with van der Waals surface area (Å²) < 4.78 is 49.5. The molecule has 0 spiro atoms. The van der Waals surface area contributed by atoms with Crippen molar-refractivity contribution in [2.75, 3.05) is 20.9 Å². The van der Waals surface area contributed by atoms with E-state index >= 15 is 0 Å². The van der Waals surface area contributed by atoms with Gasteiger partial charge >= 0.3 is 11.9 Å². The molecule has 7 heteroatoms. The lowest BCUT2D eigenvalue weighted by molar-refractivity contribution is -0.139. The monoisotopic (exact) mass is 366 g/mol. The second-order valence-corrected chi connectivity index (χ2v) is 5.55. The van der Waals surface area contributed by atoms with Crippen molar-refractivity contribution in [3.63, 3.8) is 0 Å². The maximum atomic E-state index is 13.6. The Labute approximate surface area is 148 Å². The summed E-state index contributed by atoms with van der Waals surface area (Å²) in [5, 5.41) is 0. The van der Waals surface area contributed by atoms with Crippen LogP contribution in [0.5, 0.6) is 5.75 Å². The number of carbonyl (C=O) groups is 2. The van der Waals surface area contributed by atoms with Gasteiger partial charge < -0.3 is 9.47 Å². The first kappa shape index (κ1) is 19.5. The lowest BCUT2D eigenvalue weighted by Crippen LogP contribution is -2.16. The minimum Gasteiger partial charge on any atom is -0.496 e. The summed E-state index contributed by atoms with van der Waals surface area (Å²) in [7, 11) is 2.69. The maximum absolute atomic E-state index is 13.6. The van der Waals surface area contributed by atoms with E-state index in [1.165, 1.54) is 20.3 Å². The van der Waals surface area contributed by atoms with Gasteiger partial charge in [-0.15, -0.1) is 0 Å². The van der Waals surface area contributed by atoms with Crippen molar-refractivity contribution in [3.8, 4) is 16.9 Å². The molecule has 0 saturated carbocycles. The molecule has 2 aromatic rings. The first-order chi connectivity index (χ1) is 12.4. The van der Waals surface area contributed by atoms with Gasteiger partial charge in [0.05, 0.1) is 20.6 Å². The molecule has 0 radical (unpaired) electrons. The first-order valence-corrected chi connectivity index (χ1v) is 7.64. The lowest BCUT2D eigenvalue weighted by Gasteiger charge is -2.16. The summed E-state index contributed by atoms with van der Waals surface area (Å²) >= 11 is 0. The van der Waals surface area contributed by atoms with Crippen LogP contribution in [0.3, 0.4) is 0 Å². The number of ether oxygens (including phenoxy) is 2. The molecule has 0 bridgehead atoms. The summed E-state index contributed by atoms with van der Waals surface area (Å²) in [6.07, 6.45) is 0.418. The van der Waals surface area contributed by atoms with Crippen molar-refractivity contribution in [2.45, 2.75) is 12.3 Å². The molecule has 0 atom stereocenters. The van der Waals surface area contributed by atoms with E-state index in [1.54, 1.807) is 18.2 Å². The molecule has 0 aliphatic heterocycles. The second-order valence-electron chi connectivity index (χ2n) is 5.55. The molecule has 4 nitrogen and oxygen atoms in total. The fraction of sp³-hybridized carbons (Fsp3) is 0.263. The zero-order chi connectivity index (χ0) is 19.3. The molecule has 0 heterocycles. The molecular formula is C19H17F3O4. The van der Waals surface area contributed by atoms with Gasteiger partial charge in [0.25, 0.3) is 0 Å².